The lowest BCUT2D eigenvalue weighted by Crippen LogP contribution is -2.10. The highest BCUT2D eigenvalue weighted by Gasteiger charge is 2.18. The highest BCUT2D eigenvalue weighted by molar-refractivity contribution is 6.21. The van der Waals surface area contributed by atoms with Crippen LogP contribution in [0.3, 0.4) is 0 Å². The molecule has 0 unspecified atom stereocenters. The largest absolute Gasteiger partial charge is 0.264 e. The minimum atomic E-state index is 0.115. The number of benzene rings is 6. The van der Waals surface area contributed by atoms with Crippen molar-refractivity contribution in [2.75, 3.05) is 0 Å². The van der Waals surface area contributed by atoms with Crippen LogP contribution in [-0.4, -0.2) is 9.97 Å². The lowest BCUT2D eigenvalue weighted by atomic mass is 9.83. The van der Waals surface area contributed by atoms with Crippen molar-refractivity contribution in [3.8, 4) is 44.5 Å². The minimum Gasteiger partial charge on any atom is -0.264 e. The Morgan fingerprint density at radius 2 is 0.891 bits per heavy atom. The maximum absolute atomic E-state index is 4.55. The number of hydrogen-bond donors (Lipinski definition) is 0. The molecule has 0 radical (unpaired) electrons. The average molecular weight is 591 g/mol. The molecule has 0 bridgehead atoms. The van der Waals surface area contributed by atoms with Gasteiger partial charge in [-0.3, -0.25) is 9.97 Å². The van der Waals surface area contributed by atoms with Crippen LogP contribution in [0.2, 0.25) is 0 Å². The first-order chi connectivity index (χ1) is 22.4. The molecule has 6 aromatic carbocycles. The lowest BCUT2D eigenvalue weighted by Gasteiger charge is -2.21. The molecule has 0 aliphatic rings. The summed E-state index contributed by atoms with van der Waals surface area (Å²) in [5.41, 5.74) is 10.9. The molecule has 2 heteroatoms. The Hall–Kier alpha value is -5.60. The third-order valence-electron chi connectivity index (χ3n) is 9.17. The summed E-state index contributed by atoms with van der Waals surface area (Å²) in [5, 5.41) is 7.51. The Bertz CT molecular complexity index is 2320. The second kappa shape index (κ2) is 11.1. The molecular formula is C44H34N2. The van der Waals surface area contributed by atoms with Gasteiger partial charge in [0.05, 0.1) is 0 Å². The Morgan fingerprint density at radius 1 is 0.391 bits per heavy atom. The first-order valence-electron chi connectivity index (χ1n) is 15.9. The SMILES string of the molecule is CC(C)(C)c1ccc(-c2c3ccccc3c(-c3ccc4cc(-c5cncc(-c6cccnc6)c5)ccc4c3)c3ccccc23)cc1. The molecule has 8 rings (SSSR count). The van der Waals surface area contributed by atoms with Crippen LogP contribution < -0.4 is 0 Å². The number of fused-ring (bicyclic) bond motifs is 3. The summed E-state index contributed by atoms with van der Waals surface area (Å²) in [6.07, 6.45) is 7.51. The maximum atomic E-state index is 4.55. The molecule has 2 heterocycles. The van der Waals surface area contributed by atoms with Crippen molar-refractivity contribution < 1.29 is 0 Å². The number of nitrogens with zero attached hydrogens (tertiary/aromatic N) is 2. The van der Waals surface area contributed by atoms with Crippen LogP contribution >= 0.6 is 0 Å². The van der Waals surface area contributed by atoms with Gasteiger partial charge in [0.15, 0.2) is 0 Å². The van der Waals surface area contributed by atoms with Crippen LogP contribution in [0, 0.1) is 0 Å². The summed E-state index contributed by atoms with van der Waals surface area (Å²) in [5.74, 6) is 0. The molecule has 2 nitrogen and oxygen atoms in total. The van der Waals surface area contributed by atoms with E-state index in [9.17, 15) is 0 Å². The van der Waals surface area contributed by atoms with Crippen molar-refractivity contribution in [1.29, 1.82) is 0 Å². The molecule has 2 aromatic heterocycles. The molecule has 0 saturated carbocycles. The van der Waals surface area contributed by atoms with Gasteiger partial charge in [-0.1, -0.05) is 124 Å². The summed E-state index contributed by atoms with van der Waals surface area (Å²) in [6, 6.07) is 46.7. The topological polar surface area (TPSA) is 25.8 Å². The van der Waals surface area contributed by atoms with Crippen molar-refractivity contribution in [1.82, 2.24) is 9.97 Å². The molecule has 0 amide bonds. The summed E-state index contributed by atoms with van der Waals surface area (Å²) in [7, 11) is 0. The van der Waals surface area contributed by atoms with Gasteiger partial charge in [0, 0.05) is 41.5 Å². The van der Waals surface area contributed by atoms with Gasteiger partial charge in [-0.2, -0.15) is 0 Å². The number of hydrogen-bond acceptors (Lipinski definition) is 2. The fraction of sp³-hybridized carbons (Fsp3) is 0.0909. The van der Waals surface area contributed by atoms with E-state index in [0.717, 1.165) is 22.3 Å². The van der Waals surface area contributed by atoms with Crippen molar-refractivity contribution in [3.63, 3.8) is 0 Å². The van der Waals surface area contributed by atoms with Crippen LogP contribution in [0.1, 0.15) is 26.3 Å². The van der Waals surface area contributed by atoms with Crippen LogP contribution in [0.25, 0.3) is 76.8 Å². The van der Waals surface area contributed by atoms with E-state index in [1.807, 2.05) is 24.7 Å². The van der Waals surface area contributed by atoms with Crippen LogP contribution in [-0.2, 0) is 5.41 Å². The van der Waals surface area contributed by atoms with Gasteiger partial charge < -0.3 is 0 Å². The van der Waals surface area contributed by atoms with Crippen molar-refractivity contribution >= 4 is 32.3 Å². The molecule has 8 aromatic rings. The van der Waals surface area contributed by atoms with E-state index in [1.54, 1.807) is 6.20 Å². The first-order valence-corrected chi connectivity index (χ1v) is 15.9. The lowest BCUT2D eigenvalue weighted by molar-refractivity contribution is 0.590. The normalized spacial score (nSPS) is 11.8. The van der Waals surface area contributed by atoms with E-state index in [4.69, 9.17) is 0 Å². The fourth-order valence-corrected chi connectivity index (χ4v) is 6.76. The fourth-order valence-electron chi connectivity index (χ4n) is 6.76. The molecule has 220 valence electrons. The van der Waals surface area contributed by atoms with Crippen molar-refractivity contribution in [2.45, 2.75) is 26.2 Å². The summed E-state index contributed by atoms with van der Waals surface area (Å²) in [4.78, 5) is 8.82. The molecule has 46 heavy (non-hydrogen) atoms. The molecule has 0 atom stereocenters. The zero-order valence-electron chi connectivity index (χ0n) is 26.3. The summed E-state index contributed by atoms with van der Waals surface area (Å²) < 4.78 is 0. The van der Waals surface area contributed by atoms with Gasteiger partial charge in [0.2, 0.25) is 0 Å². The zero-order valence-corrected chi connectivity index (χ0v) is 26.3. The highest BCUT2D eigenvalue weighted by Crippen LogP contribution is 2.44. The third kappa shape index (κ3) is 4.93. The number of pyridine rings is 2. The number of aromatic nitrogens is 2. The van der Waals surface area contributed by atoms with E-state index >= 15 is 0 Å². The predicted octanol–water partition coefficient (Wildman–Crippen LogP) is 11.9. The smallest absolute Gasteiger partial charge is 0.0347 e. The Kier molecular flexibility index (Phi) is 6.73. The van der Waals surface area contributed by atoms with Gasteiger partial charge in [-0.15, -0.1) is 0 Å². The predicted molar refractivity (Wildman–Crippen MR) is 195 cm³/mol. The summed E-state index contributed by atoms with van der Waals surface area (Å²) >= 11 is 0. The molecule has 0 aliphatic carbocycles. The van der Waals surface area contributed by atoms with Gasteiger partial charge >= 0.3 is 0 Å². The van der Waals surface area contributed by atoms with Crippen molar-refractivity contribution in [2.24, 2.45) is 0 Å². The van der Waals surface area contributed by atoms with E-state index in [2.05, 4.69) is 152 Å². The second-order valence-electron chi connectivity index (χ2n) is 13.1. The quantitative estimate of drug-likeness (QED) is 0.191. The van der Waals surface area contributed by atoms with Gasteiger partial charge in [-0.05, 0) is 95.4 Å². The zero-order chi connectivity index (χ0) is 31.3. The monoisotopic (exact) mass is 590 g/mol. The maximum Gasteiger partial charge on any atom is 0.0347 e. The third-order valence-corrected chi connectivity index (χ3v) is 9.17. The molecule has 0 fully saturated rings. The standard InChI is InChI=1S/C44H34N2/c1-44(2,3)37-20-18-29(19-21-37)42-38-10-4-6-12-40(38)43(41-13-7-5-11-39(41)42)33-17-16-30-23-32(15-14-31(30)24-33)35-25-36(28-46-27-35)34-9-8-22-45-26-34/h4-28H,1-3H3. The molecule has 0 N–H and O–H groups in total. The minimum absolute atomic E-state index is 0.115. The molecule has 0 spiro atoms. The van der Waals surface area contributed by atoms with Crippen LogP contribution in [0.15, 0.2) is 152 Å². The molecule has 0 aliphatic heterocycles. The Morgan fingerprint density at radius 3 is 1.46 bits per heavy atom. The second-order valence-corrected chi connectivity index (χ2v) is 13.1. The van der Waals surface area contributed by atoms with Gasteiger partial charge in [0.1, 0.15) is 0 Å². The highest BCUT2D eigenvalue weighted by atomic mass is 14.6. The Balaban J connectivity index is 1.26. The Labute approximate surface area is 270 Å². The van der Waals surface area contributed by atoms with E-state index in [0.29, 0.717) is 0 Å². The van der Waals surface area contributed by atoms with Crippen LogP contribution in [0.5, 0.6) is 0 Å². The first kappa shape index (κ1) is 27.9. The summed E-state index contributed by atoms with van der Waals surface area (Å²) in [6.45, 7) is 6.81. The van der Waals surface area contributed by atoms with Crippen LogP contribution in [0.4, 0.5) is 0 Å². The van der Waals surface area contributed by atoms with Gasteiger partial charge in [-0.25, -0.2) is 0 Å². The van der Waals surface area contributed by atoms with E-state index in [-0.39, 0.29) is 5.41 Å². The molecular weight excluding hydrogens is 556 g/mol. The molecule has 0 saturated heterocycles. The van der Waals surface area contributed by atoms with E-state index in [1.165, 1.54) is 60.1 Å². The average Bonchev–Trinajstić information content (AvgIpc) is 3.10. The van der Waals surface area contributed by atoms with Crippen molar-refractivity contribution in [3.05, 3.63) is 158 Å². The number of rotatable bonds is 4. The van der Waals surface area contributed by atoms with E-state index < -0.39 is 0 Å². The van der Waals surface area contributed by atoms with Gasteiger partial charge in [0.25, 0.3) is 0 Å².